The van der Waals surface area contributed by atoms with Gasteiger partial charge in [0.15, 0.2) is 11.6 Å². The van der Waals surface area contributed by atoms with Gasteiger partial charge in [0.25, 0.3) is 0 Å². The van der Waals surface area contributed by atoms with Crippen LogP contribution in [0.3, 0.4) is 0 Å². The second kappa shape index (κ2) is 6.67. The third kappa shape index (κ3) is 3.10. The standard InChI is InChI=1S/C17H25N3O2/c1-13-11-16(22-14(13)2)17-18-6-8-20(17)10-9-19-7-4-3-5-15(19)12-21/h6,8,11,15,21H,3-5,7,9-10,12H2,1-2H3. The minimum Gasteiger partial charge on any atom is -0.458 e. The summed E-state index contributed by atoms with van der Waals surface area (Å²) in [7, 11) is 0. The van der Waals surface area contributed by atoms with Crippen LogP contribution < -0.4 is 0 Å². The van der Waals surface area contributed by atoms with Crippen molar-refractivity contribution in [3.05, 3.63) is 29.8 Å². The molecule has 120 valence electrons. The van der Waals surface area contributed by atoms with Crippen molar-refractivity contribution in [2.45, 2.75) is 45.7 Å². The summed E-state index contributed by atoms with van der Waals surface area (Å²) in [5.74, 6) is 2.66. The zero-order valence-electron chi connectivity index (χ0n) is 13.5. The molecule has 0 spiro atoms. The highest BCUT2D eigenvalue weighted by Crippen LogP contribution is 2.24. The molecule has 1 aliphatic heterocycles. The third-order valence-corrected chi connectivity index (χ3v) is 4.69. The first-order valence-electron chi connectivity index (χ1n) is 8.12. The lowest BCUT2D eigenvalue weighted by Gasteiger charge is -2.34. The number of piperidine rings is 1. The van der Waals surface area contributed by atoms with E-state index in [2.05, 4.69) is 21.4 Å². The van der Waals surface area contributed by atoms with Gasteiger partial charge in [0.2, 0.25) is 0 Å². The van der Waals surface area contributed by atoms with Gasteiger partial charge in [-0.25, -0.2) is 4.98 Å². The van der Waals surface area contributed by atoms with Crippen molar-refractivity contribution in [3.63, 3.8) is 0 Å². The molecular formula is C17H25N3O2. The second-order valence-electron chi connectivity index (χ2n) is 6.16. The average Bonchev–Trinajstić information content (AvgIpc) is 3.12. The van der Waals surface area contributed by atoms with Gasteiger partial charge in [-0.05, 0) is 44.9 Å². The molecule has 5 heteroatoms. The van der Waals surface area contributed by atoms with Gasteiger partial charge in [0.1, 0.15) is 5.76 Å². The van der Waals surface area contributed by atoms with E-state index in [4.69, 9.17) is 4.42 Å². The zero-order valence-corrected chi connectivity index (χ0v) is 13.5. The van der Waals surface area contributed by atoms with Crippen LogP contribution in [-0.2, 0) is 6.54 Å². The Hall–Kier alpha value is -1.59. The van der Waals surface area contributed by atoms with Gasteiger partial charge < -0.3 is 14.1 Å². The minimum atomic E-state index is 0.257. The molecule has 1 fully saturated rings. The fourth-order valence-corrected chi connectivity index (χ4v) is 3.20. The van der Waals surface area contributed by atoms with Crippen molar-refractivity contribution in [1.29, 1.82) is 0 Å². The normalized spacial score (nSPS) is 19.7. The first-order valence-corrected chi connectivity index (χ1v) is 8.12. The molecule has 3 heterocycles. The van der Waals surface area contributed by atoms with Crippen LogP contribution in [0.4, 0.5) is 0 Å². The van der Waals surface area contributed by atoms with Crippen molar-refractivity contribution in [1.82, 2.24) is 14.5 Å². The lowest BCUT2D eigenvalue weighted by Crippen LogP contribution is -2.43. The smallest absolute Gasteiger partial charge is 0.176 e. The monoisotopic (exact) mass is 303 g/mol. The van der Waals surface area contributed by atoms with Crippen LogP contribution in [0, 0.1) is 13.8 Å². The van der Waals surface area contributed by atoms with E-state index >= 15 is 0 Å². The third-order valence-electron chi connectivity index (χ3n) is 4.69. The molecule has 1 saturated heterocycles. The van der Waals surface area contributed by atoms with Gasteiger partial charge in [-0.15, -0.1) is 0 Å². The van der Waals surface area contributed by atoms with E-state index in [1.165, 1.54) is 12.8 Å². The van der Waals surface area contributed by atoms with Crippen LogP contribution in [0.2, 0.25) is 0 Å². The quantitative estimate of drug-likeness (QED) is 0.922. The highest BCUT2D eigenvalue weighted by molar-refractivity contribution is 5.50. The van der Waals surface area contributed by atoms with Gasteiger partial charge in [0, 0.05) is 31.5 Å². The number of hydrogen-bond acceptors (Lipinski definition) is 4. The number of aliphatic hydroxyl groups is 1. The molecule has 0 aromatic carbocycles. The summed E-state index contributed by atoms with van der Waals surface area (Å²) in [6.07, 6.45) is 7.37. The fourth-order valence-electron chi connectivity index (χ4n) is 3.20. The summed E-state index contributed by atoms with van der Waals surface area (Å²) in [6.45, 7) is 7.17. The molecule has 3 rings (SSSR count). The summed E-state index contributed by atoms with van der Waals surface area (Å²) in [4.78, 5) is 6.84. The van der Waals surface area contributed by atoms with Crippen LogP contribution in [0.15, 0.2) is 22.9 Å². The van der Waals surface area contributed by atoms with Gasteiger partial charge in [-0.2, -0.15) is 0 Å². The zero-order chi connectivity index (χ0) is 15.5. The molecule has 0 bridgehead atoms. The molecule has 0 saturated carbocycles. The van der Waals surface area contributed by atoms with Crippen molar-refractivity contribution in [3.8, 4) is 11.6 Å². The Morgan fingerprint density at radius 3 is 2.91 bits per heavy atom. The predicted octanol–water partition coefficient (Wildman–Crippen LogP) is 2.61. The second-order valence-corrected chi connectivity index (χ2v) is 6.16. The summed E-state index contributed by atoms with van der Waals surface area (Å²) in [6, 6.07) is 2.36. The Bertz CT molecular complexity index is 598. The molecule has 1 N–H and O–H groups in total. The Kier molecular flexibility index (Phi) is 4.64. The van der Waals surface area contributed by atoms with Crippen molar-refractivity contribution in [2.75, 3.05) is 19.7 Å². The van der Waals surface area contributed by atoms with E-state index in [9.17, 15) is 5.11 Å². The molecule has 2 aromatic rings. The maximum absolute atomic E-state index is 9.51. The first-order chi connectivity index (χ1) is 10.7. The topological polar surface area (TPSA) is 54.4 Å². The molecule has 1 aliphatic rings. The molecule has 1 atom stereocenters. The summed E-state index contributed by atoms with van der Waals surface area (Å²) in [5, 5.41) is 9.51. The number of hydrogen-bond donors (Lipinski definition) is 1. The molecule has 0 amide bonds. The number of rotatable bonds is 5. The number of aromatic nitrogens is 2. The number of nitrogens with zero attached hydrogens (tertiary/aromatic N) is 3. The van der Waals surface area contributed by atoms with Crippen LogP contribution in [0.1, 0.15) is 30.6 Å². The summed E-state index contributed by atoms with van der Waals surface area (Å²) < 4.78 is 7.94. The van der Waals surface area contributed by atoms with Crippen LogP contribution >= 0.6 is 0 Å². The summed E-state index contributed by atoms with van der Waals surface area (Å²) >= 11 is 0. The van der Waals surface area contributed by atoms with E-state index < -0.39 is 0 Å². The average molecular weight is 303 g/mol. The molecular weight excluding hydrogens is 278 g/mol. The lowest BCUT2D eigenvalue weighted by molar-refractivity contribution is 0.0872. The minimum absolute atomic E-state index is 0.257. The van der Waals surface area contributed by atoms with Gasteiger partial charge in [-0.1, -0.05) is 6.42 Å². The Morgan fingerprint density at radius 1 is 1.32 bits per heavy atom. The molecule has 22 heavy (non-hydrogen) atoms. The maximum Gasteiger partial charge on any atom is 0.176 e. The Labute approximate surface area is 131 Å². The Morgan fingerprint density at radius 2 is 2.18 bits per heavy atom. The number of aliphatic hydroxyl groups excluding tert-OH is 1. The predicted molar refractivity (Wildman–Crippen MR) is 85.7 cm³/mol. The molecule has 5 nitrogen and oxygen atoms in total. The van der Waals surface area contributed by atoms with Crippen LogP contribution in [0.25, 0.3) is 11.6 Å². The van der Waals surface area contributed by atoms with E-state index in [0.717, 1.165) is 49.0 Å². The van der Waals surface area contributed by atoms with E-state index in [0.29, 0.717) is 6.04 Å². The molecule has 0 aliphatic carbocycles. The van der Waals surface area contributed by atoms with Crippen molar-refractivity contribution < 1.29 is 9.52 Å². The van der Waals surface area contributed by atoms with Crippen LogP contribution in [0.5, 0.6) is 0 Å². The molecule has 0 radical (unpaired) electrons. The maximum atomic E-state index is 9.51. The summed E-state index contributed by atoms with van der Waals surface area (Å²) in [5.41, 5.74) is 1.15. The van der Waals surface area contributed by atoms with Gasteiger partial charge >= 0.3 is 0 Å². The largest absolute Gasteiger partial charge is 0.458 e. The Balaban J connectivity index is 1.70. The van der Waals surface area contributed by atoms with Gasteiger partial charge in [-0.3, -0.25) is 4.90 Å². The van der Waals surface area contributed by atoms with E-state index in [1.807, 2.05) is 25.4 Å². The fraction of sp³-hybridized carbons (Fsp3) is 0.588. The number of aryl methyl sites for hydroxylation is 2. The highest BCUT2D eigenvalue weighted by Gasteiger charge is 2.21. The highest BCUT2D eigenvalue weighted by atomic mass is 16.3. The van der Waals surface area contributed by atoms with E-state index in [-0.39, 0.29) is 6.61 Å². The number of likely N-dealkylation sites (tertiary alicyclic amines) is 1. The lowest BCUT2D eigenvalue weighted by atomic mass is 10.0. The van der Waals surface area contributed by atoms with Crippen molar-refractivity contribution in [2.24, 2.45) is 0 Å². The first kappa shape index (κ1) is 15.3. The van der Waals surface area contributed by atoms with E-state index in [1.54, 1.807) is 0 Å². The van der Waals surface area contributed by atoms with Crippen molar-refractivity contribution >= 4 is 0 Å². The molecule has 2 aromatic heterocycles. The number of imidazole rings is 1. The SMILES string of the molecule is Cc1cc(-c2nccn2CCN2CCCCC2CO)oc1C. The molecule has 1 unspecified atom stereocenters. The van der Waals surface area contributed by atoms with Crippen LogP contribution in [-0.4, -0.2) is 45.3 Å². The van der Waals surface area contributed by atoms with Gasteiger partial charge in [0.05, 0.1) is 6.61 Å². The number of furan rings is 1.